The summed E-state index contributed by atoms with van der Waals surface area (Å²) >= 11 is 2.86. The topological polar surface area (TPSA) is 89.9 Å². The van der Waals surface area contributed by atoms with Crippen molar-refractivity contribution in [2.45, 2.75) is 19.8 Å². The van der Waals surface area contributed by atoms with Gasteiger partial charge in [-0.25, -0.2) is 9.98 Å². The van der Waals surface area contributed by atoms with E-state index in [1.807, 2.05) is 13.0 Å². The quantitative estimate of drug-likeness (QED) is 0.609. The number of carbonyl (C=O) groups excluding carboxylic acids is 1. The molecule has 4 rings (SSSR count). The summed E-state index contributed by atoms with van der Waals surface area (Å²) in [5.41, 5.74) is 1.56. The summed E-state index contributed by atoms with van der Waals surface area (Å²) in [5, 5.41) is 17.2. The van der Waals surface area contributed by atoms with Gasteiger partial charge in [-0.1, -0.05) is 11.3 Å². The van der Waals surface area contributed by atoms with Crippen LogP contribution in [-0.2, 0) is 4.79 Å². The average molecular weight is 444 g/mol. The van der Waals surface area contributed by atoms with E-state index in [-0.39, 0.29) is 11.7 Å². The normalized spacial score (nSPS) is 20.8. The summed E-state index contributed by atoms with van der Waals surface area (Å²) in [7, 11) is 2.17. The fourth-order valence-electron chi connectivity index (χ4n) is 3.42. The number of hydrogen-bond donors (Lipinski definition) is 3. The molecule has 0 spiro atoms. The number of aromatic hydroxyl groups is 1. The number of nitrogens with one attached hydrogen (secondary N) is 2. The maximum absolute atomic E-state index is 12.3. The van der Waals surface area contributed by atoms with Gasteiger partial charge in [-0.3, -0.25) is 4.79 Å². The number of hydrogen-bond acceptors (Lipinski definition) is 8. The number of aromatic nitrogens is 1. The number of benzene rings is 1. The number of aliphatic imine (C=N–C) groups is 1. The number of aryl methyl sites for hydroxylation is 1. The number of rotatable bonds is 5. The Morgan fingerprint density at radius 3 is 2.97 bits per heavy atom. The lowest BCUT2D eigenvalue weighted by Crippen LogP contribution is -2.32. The maximum Gasteiger partial charge on any atom is 0.264 e. The molecule has 0 saturated carbocycles. The van der Waals surface area contributed by atoms with Gasteiger partial charge in [0, 0.05) is 12.7 Å². The standard InChI is InChI=1S/C21H25N5O2S2/c1-13-9-15(27)3-4-17(13)24-21-25-19(28)18(30-21)10-16-12-23-20(29-16)22-11-14-5-7-26(2)8-6-14/h3-4,9-10,12,14,27H,5-8,11H2,1-2H3,(H,22,23)(H,24,25,28)/b18-10-. The van der Waals surface area contributed by atoms with Gasteiger partial charge in [0.2, 0.25) is 0 Å². The molecule has 0 unspecified atom stereocenters. The van der Waals surface area contributed by atoms with E-state index in [9.17, 15) is 9.90 Å². The number of thiazole rings is 1. The van der Waals surface area contributed by atoms with Crippen molar-refractivity contribution in [3.05, 3.63) is 39.7 Å². The number of nitrogens with zero attached hydrogens (tertiary/aromatic N) is 3. The Kier molecular flexibility index (Phi) is 6.40. The first-order valence-electron chi connectivity index (χ1n) is 9.94. The summed E-state index contributed by atoms with van der Waals surface area (Å²) < 4.78 is 0. The van der Waals surface area contributed by atoms with Crippen molar-refractivity contribution in [3.8, 4) is 5.75 Å². The summed E-state index contributed by atoms with van der Waals surface area (Å²) in [6.45, 7) is 5.12. The van der Waals surface area contributed by atoms with Gasteiger partial charge >= 0.3 is 0 Å². The first kappa shape index (κ1) is 20.9. The number of amides is 1. The van der Waals surface area contributed by atoms with Gasteiger partial charge in [0.1, 0.15) is 5.75 Å². The SMILES string of the molecule is Cc1cc(O)ccc1/N=C1/NC(=O)/C(=C/c2cnc(NCC3CCN(C)CC3)s2)S1. The van der Waals surface area contributed by atoms with Crippen molar-refractivity contribution in [2.75, 3.05) is 32.0 Å². The van der Waals surface area contributed by atoms with Gasteiger partial charge in [0.25, 0.3) is 5.91 Å². The Labute approximate surface area is 184 Å². The Morgan fingerprint density at radius 2 is 2.20 bits per heavy atom. The summed E-state index contributed by atoms with van der Waals surface area (Å²) in [5.74, 6) is 0.722. The van der Waals surface area contributed by atoms with Crippen LogP contribution in [0.3, 0.4) is 0 Å². The van der Waals surface area contributed by atoms with Crippen LogP contribution in [0.15, 0.2) is 34.3 Å². The zero-order chi connectivity index (χ0) is 21.1. The average Bonchev–Trinajstić information content (AvgIpc) is 3.30. The number of anilines is 1. The van der Waals surface area contributed by atoms with E-state index >= 15 is 0 Å². The molecule has 0 radical (unpaired) electrons. The smallest absolute Gasteiger partial charge is 0.264 e. The van der Waals surface area contributed by atoms with Crippen molar-refractivity contribution in [1.29, 1.82) is 0 Å². The molecule has 2 aromatic rings. The third-order valence-electron chi connectivity index (χ3n) is 5.23. The van der Waals surface area contributed by atoms with Crippen LogP contribution in [-0.4, -0.2) is 52.7 Å². The highest BCUT2D eigenvalue weighted by Gasteiger charge is 2.24. The second kappa shape index (κ2) is 9.20. The van der Waals surface area contributed by atoms with Gasteiger partial charge in [-0.15, -0.1) is 0 Å². The lowest BCUT2D eigenvalue weighted by Gasteiger charge is -2.28. The van der Waals surface area contributed by atoms with E-state index in [1.54, 1.807) is 35.7 Å². The number of amidine groups is 1. The van der Waals surface area contributed by atoms with E-state index in [0.29, 0.717) is 16.0 Å². The van der Waals surface area contributed by atoms with Crippen molar-refractivity contribution in [3.63, 3.8) is 0 Å². The fourth-order valence-corrected chi connectivity index (χ4v) is 5.08. The van der Waals surface area contributed by atoms with Crippen molar-refractivity contribution in [2.24, 2.45) is 10.9 Å². The van der Waals surface area contributed by atoms with Crippen LogP contribution in [0.2, 0.25) is 0 Å². The minimum absolute atomic E-state index is 0.163. The van der Waals surface area contributed by atoms with Gasteiger partial charge in [-0.2, -0.15) is 0 Å². The second-order valence-electron chi connectivity index (χ2n) is 7.65. The minimum Gasteiger partial charge on any atom is -0.508 e. The molecule has 158 valence electrons. The summed E-state index contributed by atoms with van der Waals surface area (Å²) in [6.07, 6.45) is 6.07. The highest BCUT2D eigenvalue weighted by atomic mass is 32.2. The highest BCUT2D eigenvalue weighted by molar-refractivity contribution is 8.18. The van der Waals surface area contributed by atoms with Gasteiger partial charge in [0.15, 0.2) is 10.3 Å². The molecule has 0 bridgehead atoms. The number of thioether (sulfide) groups is 1. The molecule has 1 amide bonds. The van der Waals surface area contributed by atoms with E-state index < -0.39 is 0 Å². The fraction of sp³-hybridized carbons (Fsp3) is 0.381. The molecule has 9 heteroatoms. The van der Waals surface area contributed by atoms with E-state index in [0.717, 1.165) is 40.9 Å². The molecular formula is C21H25N5O2S2. The Balaban J connectivity index is 1.38. The molecule has 3 heterocycles. The Bertz CT molecular complexity index is 993. The number of likely N-dealkylation sites (tertiary alicyclic amines) is 1. The van der Waals surface area contributed by atoms with Gasteiger partial charge in [0.05, 0.1) is 15.5 Å². The zero-order valence-corrected chi connectivity index (χ0v) is 18.6. The molecule has 30 heavy (non-hydrogen) atoms. The minimum atomic E-state index is -0.163. The molecule has 2 fully saturated rings. The van der Waals surface area contributed by atoms with Gasteiger partial charge in [-0.05, 0) is 87.4 Å². The Morgan fingerprint density at radius 1 is 1.40 bits per heavy atom. The molecule has 1 aromatic carbocycles. The predicted octanol–water partition coefficient (Wildman–Crippen LogP) is 3.80. The molecule has 1 aromatic heterocycles. The molecule has 0 aliphatic carbocycles. The summed E-state index contributed by atoms with van der Waals surface area (Å²) in [6, 6.07) is 4.97. The summed E-state index contributed by atoms with van der Waals surface area (Å²) in [4.78, 5) is 25.2. The Hall–Kier alpha value is -2.36. The van der Waals surface area contributed by atoms with E-state index in [4.69, 9.17) is 0 Å². The van der Waals surface area contributed by atoms with Crippen molar-refractivity contribution < 1.29 is 9.90 Å². The molecule has 0 atom stereocenters. The molecule has 2 aliphatic heterocycles. The van der Waals surface area contributed by atoms with Crippen LogP contribution in [0.1, 0.15) is 23.3 Å². The lowest BCUT2D eigenvalue weighted by atomic mass is 9.97. The lowest BCUT2D eigenvalue weighted by molar-refractivity contribution is -0.115. The molecule has 7 nitrogen and oxygen atoms in total. The number of carbonyl (C=O) groups is 1. The number of phenolic OH excluding ortho intramolecular Hbond substituents is 1. The van der Waals surface area contributed by atoms with Crippen LogP contribution in [0.4, 0.5) is 10.8 Å². The van der Waals surface area contributed by atoms with E-state index in [2.05, 4.69) is 32.6 Å². The monoisotopic (exact) mass is 443 g/mol. The van der Waals surface area contributed by atoms with E-state index in [1.165, 1.54) is 24.6 Å². The second-order valence-corrected chi connectivity index (χ2v) is 9.74. The van der Waals surface area contributed by atoms with Crippen LogP contribution in [0, 0.1) is 12.8 Å². The molecular weight excluding hydrogens is 418 g/mol. The van der Waals surface area contributed by atoms with Crippen molar-refractivity contribution >= 4 is 51.1 Å². The maximum atomic E-state index is 12.3. The molecule has 2 saturated heterocycles. The molecule has 2 aliphatic rings. The predicted molar refractivity (Wildman–Crippen MR) is 124 cm³/mol. The first-order valence-corrected chi connectivity index (χ1v) is 11.6. The number of piperidine rings is 1. The molecule has 3 N–H and O–H groups in total. The third kappa shape index (κ3) is 5.21. The third-order valence-corrected chi connectivity index (χ3v) is 7.04. The largest absolute Gasteiger partial charge is 0.508 e. The van der Waals surface area contributed by atoms with Crippen LogP contribution in [0.5, 0.6) is 5.75 Å². The first-order chi connectivity index (χ1) is 14.5. The van der Waals surface area contributed by atoms with Crippen LogP contribution >= 0.6 is 23.1 Å². The van der Waals surface area contributed by atoms with Crippen molar-refractivity contribution in [1.82, 2.24) is 15.2 Å². The zero-order valence-electron chi connectivity index (χ0n) is 17.0. The number of phenols is 1. The highest BCUT2D eigenvalue weighted by Crippen LogP contribution is 2.31. The van der Waals surface area contributed by atoms with Crippen LogP contribution in [0.25, 0.3) is 6.08 Å². The van der Waals surface area contributed by atoms with Crippen LogP contribution < -0.4 is 10.6 Å². The van der Waals surface area contributed by atoms with Gasteiger partial charge < -0.3 is 20.6 Å².